The molecule has 0 spiro atoms. The molecule has 0 fully saturated rings. The fourth-order valence-electron chi connectivity index (χ4n) is 2.37. The molecule has 0 aliphatic carbocycles. The average molecular weight is 519 g/mol. The minimum absolute atomic E-state index is 0. The summed E-state index contributed by atoms with van der Waals surface area (Å²) in [6.45, 7) is 5.89. The number of guanidine groups is 1. The quantitative estimate of drug-likeness (QED) is 0.206. The lowest BCUT2D eigenvalue weighted by molar-refractivity contribution is 0.114. The average Bonchev–Trinajstić information content (AvgIpc) is 2.66. The van der Waals surface area contributed by atoms with Crippen LogP contribution in [0.5, 0.6) is 5.75 Å². The van der Waals surface area contributed by atoms with Gasteiger partial charge in [0.15, 0.2) is 5.96 Å². The third kappa shape index (κ3) is 9.57. The molecule has 0 aliphatic rings. The third-order valence-corrected chi connectivity index (χ3v) is 3.95. The summed E-state index contributed by atoms with van der Waals surface area (Å²) < 4.78 is 5.61. The molecule has 3 N–H and O–H groups in total. The first-order valence-corrected chi connectivity index (χ1v) is 9.44. The number of aromatic nitrogens is 1. The number of nitrogens with zero attached hydrogens (tertiary/aromatic N) is 2. The van der Waals surface area contributed by atoms with E-state index in [0.29, 0.717) is 17.7 Å². The van der Waals surface area contributed by atoms with Crippen LogP contribution in [0.2, 0.25) is 5.15 Å². The first kappa shape index (κ1) is 24.5. The molecule has 1 aromatic carbocycles. The summed E-state index contributed by atoms with van der Waals surface area (Å²) in [5, 5.41) is 17.0. The SMILES string of the molecule is CCNC(=NCC(O)COc1cccc(C)c1)NCCc1ccc(Cl)nc1.I. The summed E-state index contributed by atoms with van der Waals surface area (Å²) >= 11 is 5.79. The van der Waals surface area contributed by atoms with Gasteiger partial charge in [-0.3, -0.25) is 4.99 Å². The van der Waals surface area contributed by atoms with Crippen LogP contribution in [0.15, 0.2) is 47.6 Å². The van der Waals surface area contributed by atoms with Gasteiger partial charge >= 0.3 is 0 Å². The molecule has 2 rings (SSSR count). The molecule has 1 unspecified atom stereocenters. The Morgan fingerprint density at radius 3 is 2.79 bits per heavy atom. The molecule has 8 heteroatoms. The number of rotatable bonds is 9. The number of nitrogens with one attached hydrogen (secondary N) is 2. The van der Waals surface area contributed by atoms with Gasteiger partial charge in [-0.15, -0.1) is 24.0 Å². The number of aliphatic hydroxyl groups excluding tert-OH is 1. The molecule has 0 amide bonds. The molecule has 1 atom stereocenters. The fourth-order valence-corrected chi connectivity index (χ4v) is 2.48. The predicted molar refractivity (Wildman–Crippen MR) is 125 cm³/mol. The van der Waals surface area contributed by atoms with Gasteiger partial charge in [-0.25, -0.2) is 4.98 Å². The van der Waals surface area contributed by atoms with E-state index < -0.39 is 6.10 Å². The van der Waals surface area contributed by atoms with Gasteiger partial charge in [-0.2, -0.15) is 0 Å². The number of aliphatic imine (C=N–C) groups is 1. The van der Waals surface area contributed by atoms with Crippen molar-refractivity contribution in [3.63, 3.8) is 0 Å². The smallest absolute Gasteiger partial charge is 0.191 e. The lowest BCUT2D eigenvalue weighted by atomic mass is 10.2. The second kappa shape index (κ2) is 13.6. The van der Waals surface area contributed by atoms with E-state index in [1.165, 1.54) is 0 Å². The van der Waals surface area contributed by atoms with Crippen LogP contribution in [0.3, 0.4) is 0 Å². The summed E-state index contributed by atoms with van der Waals surface area (Å²) in [7, 11) is 0. The highest BCUT2D eigenvalue weighted by molar-refractivity contribution is 14.0. The van der Waals surface area contributed by atoms with E-state index in [9.17, 15) is 5.11 Å². The van der Waals surface area contributed by atoms with Crippen molar-refractivity contribution in [3.8, 4) is 5.75 Å². The van der Waals surface area contributed by atoms with Crippen molar-refractivity contribution in [1.29, 1.82) is 0 Å². The number of aryl methyl sites for hydroxylation is 1. The van der Waals surface area contributed by atoms with Crippen molar-refractivity contribution in [2.24, 2.45) is 4.99 Å². The Morgan fingerprint density at radius 2 is 2.11 bits per heavy atom. The number of hydrogen-bond donors (Lipinski definition) is 3. The number of hydrogen-bond acceptors (Lipinski definition) is 4. The highest BCUT2D eigenvalue weighted by Crippen LogP contribution is 2.12. The summed E-state index contributed by atoms with van der Waals surface area (Å²) in [4.78, 5) is 8.48. The summed E-state index contributed by atoms with van der Waals surface area (Å²) in [5.74, 6) is 1.41. The van der Waals surface area contributed by atoms with Crippen LogP contribution in [0.1, 0.15) is 18.1 Å². The van der Waals surface area contributed by atoms with Crippen LogP contribution in [-0.2, 0) is 6.42 Å². The largest absolute Gasteiger partial charge is 0.491 e. The summed E-state index contributed by atoms with van der Waals surface area (Å²) in [5.41, 5.74) is 2.21. The van der Waals surface area contributed by atoms with Crippen LogP contribution in [0, 0.1) is 6.92 Å². The van der Waals surface area contributed by atoms with E-state index in [0.717, 1.165) is 29.8 Å². The number of pyridine rings is 1. The van der Waals surface area contributed by atoms with E-state index in [2.05, 4.69) is 20.6 Å². The van der Waals surface area contributed by atoms with Crippen molar-refractivity contribution in [2.45, 2.75) is 26.4 Å². The number of ether oxygens (including phenoxy) is 1. The van der Waals surface area contributed by atoms with Crippen LogP contribution >= 0.6 is 35.6 Å². The summed E-state index contributed by atoms with van der Waals surface area (Å²) in [6, 6.07) is 11.5. The van der Waals surface area contributed by atoms with Crippen molar-refractivity contribution in [3.05, 3.63) is 58.9 Å². The molecular formula is C20H28ClIN4O2. The van der Waals surface area contributed by atoms with Crippen molar-refractivity contribution >= 4 is 41.5 Å². The van der Waals surface area contributed by atoms with Gasteiger partial charge in [0, 0.05) is 19.3 Å². The van der Waals surface area contributed by atoms with Gasteiger partial charge in [-0.1, -0.05) is 29.8 Å². The molecule has 0 saturated heterocycles. The second-order valence-electron chi connectivity index (χ2n) is 6.17. The third-order valence-electron chi connectivity index (χ3n) is 3.73. The normalized spacial score (nSPS) is 12.1. The fraction of sp³-hybridized carbons (Fsp3) is 0.400. The molecule has 0 radical (unpaired) electrons. The zero-order valence-corrected chi connectivity index (χ0v) is 19.3. The molecule has 6 nitrogen and oxygen atoms in total. The Labute approximate surface area is 188 Å². The lowest BCUT2D eigenvalue weighted by Crippen LogP contribution is -2.39. The van der Waals surface area contributed by atoms with E-state index >= 15 is 0 Å². The minimum Gasteiger partial charge on any atom is -0.491 e. The standard InChI is InChI=1S/C20H27ClN4O2.HI/c1-3-22-20(23-10-9-16-7-8-19(21)24-12-16)25-13-17(26)14-27-18-6-4-5-15(2)11-18;/h4-8,11-12,17,26H,3,9-10,13-14H2,1-2H3,(H2,22,23,25);1H. The number of halogens is 2. The topological polar surface area (TPSA) is 78.8 Å². The summed E-state index contributed by atoms with van der Waals surface area (Å²) in [6.07, 6.45) is 1.88. The Hall–Kier alpha value is -1.58. The van der Waals surface area contributed by atoms with Gasteiger partial charge < -0.3 is 20.5 Å². The molecule has 0 saturated carbocycles. The van der Waals surface area contributed by atoms with E-state index in [1.807, 2.05) is 44.2 Å². The minimum atomic E-state index is -0.679. The Balaban J connectivity index is 0.00000392. The zero-order chi connectivity index (χ0) is 19.5. The van der Waals surface area contributed by atoms with E-state index in [-0.39, 0.29) is 37.1 Å². The monoisotopic (exact) mass is 518 g/mol. The maximum Gasteiger partial charge on any atom is 0.191 e. The van der Waals surface area contributed by atoms with Gasteiger partial charge in [-0.05, 0) is 49.6 Å². The van der Waals surface area contributed by atoms with Gasteiger partial charge in [0.25, 0.3) is 0 Å². The number of benzene rings is 1. The molecule has 1 aromatic heterocycles. The molecule has 154 valence electrons. The number of aliphatic hydroxyl groups is 1. The lowest BCUT2D eigenvalue weighted by Gasteiger charge is -2.14. The molecule has 0 aliphatic heterocycles. The Morgan fingerprint density at radius 1 is 1.29 bits per heavy atom. The van der Waals surface area contributed by atoms with E-state index in [1.54, 1.807) is 12.3 Å². The van der Waals surface area contributed by atoms with Crippen molar-refractivity contribution < 1.29 is 9.84 Å². The van der Waals surface area contributed by atoms with Gasteiger partial charge in [0.05, 0.1) is 6.54 Å². The van der Waals surface area contributed by atoms with Crippen molar-refractivity contribution in [1.82, 2.24) is 15.6 Å². The molecule has 1 heterocycles. The van der Waals surface area contributed by atoms with E-state index in [4.69, 9.17) is 16.3 Å². The van der Waals surface area contributed by atoms with Crippen LogP contribution in [0.4, 0.5) is 0 Å². The maximum absolute atomic E-state index is 10.1. The maximum atomic E-state index is 10.1. The second-order valence-corrected chi connectivity index (χ2v) is 6.55. The molecular weight excluding hydrogens is 491 g/mol. The van der Waals surface area contributed by atoms with Gasteiger partial charge in [0.2, 0.25) is 0 Å². The first-order chi connectivity index (χ1) is 13.1. The van der Waals surface area contributed by atoms with Crippen LogP contribution < -0.4 is 15.4 Å². The molecule has 0 bridgehead atoms. The Bertz CT molecular complexity index is 728. The highest BCUT2D eigenvalue weighted by Gasteiger charge is 2.06. The van der Waals surface area contributed by atoms with Crippen LogP contribution in [0.25, 0.3) is 0 Å². The predicted octanol–water partition coefficient (Wildman–Crippen LogP) is 3.20. The highest BCUT2D eigenvalue weighted by atomic mass is 127. The van der Waals surface area contributed by atoms with Crippen molar-refractivity contribution in [2.75, 3.05) is 26.2 Å². The Kier molecular flexibility index (Phi) is 11.9. The molecule has 2 aromatic rings. The van der Waals surface area contributed by atoms with Crippen LogP contribution in [-0.4, -0.2) is 48.4 Å². The van der Waals surface area contributed by atoms with Gasteiger partial charge in [0.1, 0.15) is 23.6 Å². The first-order valence-electron chi connectivity index (χ1n) is 9.07. The zero-order valence-electron chi connectivity index (χ0n) is 16.2. The molecule has 28 heavy (non-hydrogen) atoms.